The highest BCUT2D eigenvalue weighted by Gasteiger charge is 2.24. The summed E-state index contributed by atoms with van der Waals surface area (Å²) in [6.07, 6.45) is 0.566. The molecular formula is C11H22N2O3. The monoisotopic (exact) mass is 230 g/mol. The zero-order chi connectivity index (χ0) is 12.2. The first kappa shape index (κ1) is 13.3. The molecule has 2 N–H and O–H groups in total. The Balaban J connectivity index is 2.45. The normalized spacial score (nSPS) is 22.8. The molecule has 0 bridgehead atoms. The third-order valence-electron chi connectivity index (χ3n) is 2.35. The van der Waals surface area contributed by atoms with E-state index in [1.54, 1.807) is 4.90 Å². The van der Waals surface area contributed by atoms with Crippen molar-refractivity contribution in [3.05, 3.63) is 0 Å². The summed E-state index contributed by atoms with van der Waals surface area (Å²) in [6.45, 7) is 7.84. The van der Waals surface area contributed by atoms with Crippen molar-refractivity contribution in [2.24, 2.45) is 5.73 Å². The largest absolute Gasteiger partial charge is 0.444 e. The number of nitrogens with zero attached hydrogens (tertiary/aromatic N) is 1. The van der Waals surface area contributed by atoms with E-state index in [4.69, 9.17) is 15.2 Å². The molecule has 1 atom stereocenters. The van der Waals surface area contributed by atoms with Crippen molar-refractivity contribution >= 4 is 6.09 Å². The second-order valence-electron chi connectivity index (χ2n) is 4.98. The van der Waals surface area contributed by atoms with E-state index in [0.29, 0.717) is 26.2 Å². The Kier molecular flexibility index (Phi) is 4.56. The van der Waals surface area contributed by atoms with Gasteiger partial charge in [0.25, 0.3) is 0 Å². The van der Waals surface area contributed by atoms with Crippen LogP contribution in [0.4, 0.5) is 4.79 Å². The van der Waals surface area contributed by atoms with E-state index in [9.17, 15) is 4.79 Å². The van der Waals surface area contributed by atoms with Gasteiger partial charge in [-0.2, -0.15) is 0 Å². The molecule has 0 saturated carbocycles. The maximum atomic E-state index is 11.8. The topological polar surface area (TPSA) is 64.8 Å². The Bertz CT molecular complexity index is 238. The Morgan fingerprint density at radius 1 is 1.50 bits per heavy atom. The fraction of sp³-hybridized carbons (Fsp3) is 0.909. The van der Waals surface area contributed by atoms with Crippen molar-refractivity contribution in [3.8, 4) is 0 Å². The van der Waals surface area contributed by atoms with Crippen molar-refractivity contribution in [2.45, 2.75) is 38.9 Å². The number of hydrogen-bond donors (Lipinski definition) is 1. The Hall–Kier alpha value is -0.810. The van der Waals surface area contributed by atoms with E-state index >= 15 is 0 Å². The lowest BCUT2D eigenvalue weighted by Crippen LogP contribution is -2.38. The molecule has 1 saturated heterocycles. The average molecular weight is 230 g/mol. The lowest BCUT2D eigenvalue weighted by molar-refractivity contribution is 0.0234. The highest BCUT2D eigenvalue weighted by Crippen LogP contribution is 2.12. The summed E-state index contributed by atoms with van der Waals surface area (Å²) >= 11 is 0. The number of ether oxygens (including phenoxy) is 2. The van der Waals surface area contributed by atoms with Crippen LogP contribution in [0.1, 0.15) is 27.2 Å². The van der Waals surface area contributed by atoms with Gasteiger partial charge in [-0.25, -0.2) is 4.79 Å². The molecule has 0 aromatic rings. The standard InChI is InChI=1S/C11H22N2O3/c1-11(2,3)16-10(14)13-5-4-9(8-12)15-7-6-13/h9H,4-8,12H2,1-3H3. The van der Waals surface area contributed by atoms with Gasteiger partial charge in [0.05, 0.1) is 12.7 Å². The molecule has 1 fully saturated rings. The molecule has 1 heterocycles. The molecule has 5 heteroatoms. The van der Waals surface area contributed by atoms with Gasteiger partial charge in [0, 0.05) is 19.6 Å². The first-order valence-electron chi connectivity index (χ1n) is 5.72. The van der Waals surface area contributed by atoms with Crippen LogP contribution >= 0.6 is 0 Å². The minimum absolute atomic E-state index is 0.0624. The summed E-state index contributed by atoms with van der Waals surface area (Å²) in [5, 5.41) is 0. The van der Waals surface area contributed by atoms with Crippen LogP contribution in [0.3, 0.4) is 0 Å². The van der Waals surface area contributed by atoms with Gasteiger partial charge in [0.1, 0.15) is 5.60 Å². The van der Waals surface area contributed by atoms with Gasteiger partial charge in [-0.05, 0) is 27.2 Å². The van der Waals surface area contributed by atoms with E-state index in [0.717, 1.165) is 6.42 Å². The Morgan fingerprint density at radius 2 is 2.19 bits per heavy atom. The zero-order valence-corrected chi connectivity index (χ0v) is 10.4. The number of carbonyl (C=O) groups excluding carboxylic acids is 1. The maximum Gasteiger partial charge on any atom is 0.410 e. The number of amides is 1. The first-order valence-corrected chi connectivity index (χ1v) is 5.72. The molecule has 1 unspecified atom stereocenters. The fourth-order valence-electron chi connectivity index (χ4n) is 1.52. The van der Waals surface area contributed by atoms with Crippen LogP contribution in [0.5, 0.6) is 0 Å². The fourth-order valence-corrected chi connectivity index (χ4v) is 1.52. The zero-order valence-electron chi connectivity index (χ0n) is 10.4. The van der Waals surface area contributed by atoms with E-state index in [-0.39, 0.29) is 12.2 Å². The van der Waals surface area contributed by atoms with Gasteiger partial charge in [0.15, 0.2) is 0 Å². The number of carbonyl (C=O) groups is 1. The molecule has 0 spiro atoms. The van der Waals surface area contributed by atoms with E-state index < -0.39 is 5.60 Å². The molecular weight excluding hydrogens is 208 g/mol. The van der Waals surface area contributed by atoms with Crippen LogP contribution in [0.15, 0.2) is 0 Å². The summed E-state index contributed by atoms with van der Waals surface area (Å²) in [6, 6.07) is 0. The van der Waals surface area contributed by atoms with Gasteiger partial charge in [-0.1, -0.05) is 0 Å². The summed E-state index contributed by atoms with van der Waals surface area (Å²) in [4.78, 5) is 13.5. The number of rotatable bonds is 1. The highest BCUT2D eigenvalue weighted by molar-refractivity contribution is 5.68. The molecule has 1 aliphatic rings. The van der Waals surface area contributed by atoms with Crippen molar-refractivity contribution in [2.75, 3.05) is 26.2 Å². The van der Waals surface area contributed by atoms with Crippen molar-refractivity contribution in [1.29, 1.82) is 0 Å². The summed E-state index contributed by atoms with van der Waals surface area (Å²) in [5.41, 5.74) is 5.09. The van der Waals surface area contributed by atoms with Crippen LogP contribution in [0.25, 0.3) is 0 Å². The predicted octanol–water partition coefficient (Wildman–Crippen LogP) is 0.971. The van der Waals surface area contributed by atoms with Gasteiger partial charge in [-0.3, -0.25) is 0 Å². The second kappa shape index (κ2) is 5.50. The van der Waals surface area contributed by atoms with Gasteiger partial charge in [-0.15, -0.1) is 0 Å². The number of hydrogen-bond acceptors (Lipinski definition) is 4. The molecule has 94 valence electrons. The highest BCUT2D eigenvalue weighted by atomic mass is 16.6. The van der Waals surface area contributed by atoms with Gasteiger partial charge in [0.2, 0.25) is 0 Å². The number of nitrogens with two attached hydrogens (primary N) is 1. The summed E-state index contributed by atoms with van der Waals surface area (Å²) < 4.78 is 10.8. The lowest BCUT2D eigenvalue weighted by Gasteiger charge is -2.26. The van der Waals surface area contributed by atoms with E-state index in [1.165, 1.54) is 0 Å². The molecule has 1 rings (SSSR count). The third-order valence-corrected chi connectivity index (χ3v) is 2.35. The molecule has 0 aromatic heterocycles. The predicted molar refractivity (Wildman–Crippen MR) is 61.2 cm³/mol. The summed E-state index contributed by atoms with van der Waals surface area (Å²) in [5.74, 6) is 0. The molecule has 1 aliphatic heterocycles. The van der Waals surface area contributed by atoms with Crippen LogP contribution in [-0.2, 0) is 9.47 Å². The Labute approximate surface area is 96.9 Å². The first-order chi connectivity index (χ1) is 7.42. The SMILES string of the molecule is CC(C)(C)OC(=O)N1CCOC(CN)CC1. The molecule has 0 aromatic carbocycles. The molecule has 0 aliphatic carbocycles. The third kappa shape index (κ3) is 4.37. The van der Waals surface area contributed by atoms with Gasteiger partial charge < -0.3 is 20.1 Å². The minimum atomic E-state index is -0.447. The van der Waals surface area contributed by atoms with Crippen molar-refractivity contribution < 1.29 is 14.3 Å². The molecule has 16 heavy (non-hydrogen) atoms. The van der Waals surface area contributed by atoms with Crippen molar-refractivity contribution in [3.63, 3.8) is 0 Å². The van der Waals surface area contributed by atoms with E-state index in [1.807, 2.05) is 20.8 Å². The maximum absolute atomic E-state index is 11.8. The van der Waals surface area contributed by atoms with Crippen LogP contribution in [0, 0.1) is 0 Å². The van der Waals surface area contributed by atoms with Crippen LogP contribution in [0.2, 0.25) is 0 Å². The summed E-state index contributed by atoms with van der Waals surface area (Å²) in [7, 11) is 0. The quantitative estimate of drug-likeness (QED) is 0.729. The Morgan fingerprint density at radius 3 is 2.75 bits per heavy atom. The van der Waals surface area contributed by atoms with Gasteiger partial charge >= 0.3 is 6.09 Å². The lowest BCUT2D eigenvalue weighted by atomic mass is 10.2. The molecule has 5 nitrogen and oxygen atoms in total. The molecule has 0 radical (unpaired) electrons. The van der Waals surface area contributed by atoms with Crippen LogP contribution < -0.4 is 5.73 Å². The smallest absolute Gasteiger partial charge is 0.410 e. The minimum Gasteiger partial charge on any atom is -0.444 e. The van der Waals surface area contributed by atoms with E-state index in [2.05, 4.69) is 0 Å². The second-order valence-corrected chi connectivity index (χ2v) is 4.98. The van der Waals surface area contributed by atoms with Crippen molar-refractivity contribution in [1.82, 2.24) is 4.90 Å². The van der Waals surface area contributed by atoms with Crippen LogP contribution in [-0.4, -0.2) is 48.9 Å². The average Bonchev–Trinajstić information content (AvgIpc) is 2.39. The molecule has 1 amide bonds.